The van der Waals surface area contributed by atoms with Crippen LogP contribution < -0.4 is 5.32 Å². The zero-order valence-corrected chi connectivity index (χ0v) is 20.1. The minimum Gasteiger partial charge on any atom is -0.449 e. The Hall–Kier alpha value is -2.27. The van der Waals surface area contributed by atoms with Gasteiger partial charge in [-0.05, 0) is 34.4 Å². The van der Waals surface area contributed by atoms with Gasteiger partial charge in [0.25, 0.3) is 0 Å². The van der Waals surface area contributed by atoms with Gasteiger partial charge in [-0.15, -0.1) is 0 Å². The van der Waals surface area contributed by atoms with Crippen molar-refractivity contribution in [3.05, 3.63) is 59.7 Å². The van der Waals surface area contributed by atoms with E-state index < -0.39 is 12.1 Å². The lowest BCUT2D eigenvalue weighted by Crippen LogP contribution is -2.40. The first-order chi connectivity index (χ1) is 15.7. The topological polar surface area (TPSA) is 55.4 Å². The molecule has 0 fully saturated rings. The summed E-state index contributed by atoms with van der Waals surface area (Å²) in [5.74, 6) is 0.726. The number of unbranched alkanes of at least 4 members (excludes halogenated alkanes) is 5. The Morgan fingerprint density at radius 1 is 0.906 bits per heavy atom. The third kappa shape index (κ3) is 6.38. The lowest BCUT2D eigenvalue weighted by atomic mass is 9.98. The smallest absolute Gasteiger partial charge is 0.407 e. The monoisotopic (exact) mass is 453 g/mol. The van der Waals surface area contributed by atoms with Gasteiger partial charge in [0.15, 0.2) is 0 Å². The van der Waals surface area contributed by atoms with E-state index in [2.05, 4.69) is 36.5 Å². The van der Waals surface area contributed by atoms with Crippen LogP contribution in [0.1, 0.15) is 75.8 Å². The second kappa shape index (κ2) is 12.7. The molecule has 0 heterocycles. The van der Waals surface area contributed by atoms with Crippen LogP contribution >= 0.6 is 11.8 Å². The van der Waals surface area contributed by atoms with Crippen molar-refractivity contribution >= 4 is 23.0 Å². The summed E-state index contributed by atoms with van der Waals surface area (Å²) in [5.41, 5.74) is 4.77. The number of carbonyl (C=O) groups is 2. The number of amides is 1. The number of ether oxygens (including phenoxy) is 1. The molecule has 0 saturated carbocycles. The number of benzene rings is 2. The highest BCUT2D eigenvalue weighted by molar-refractivity contribution is 8.13. The van der Waals surface area contributed by atoms with E-state index >= 15 is 0 Å². The Morgan fingerprint density at radius 2 is 1.50 bits per heavy atom. The summed E-state index contributed by atoms with van der Waals surface area (Å²) in [6, 6.07) is 16.1. The fraction of sp³-hybridized carbons (Fsp3) is 0.481. The van der Waals surface area contributed by atoms with Crippen LogP contribution in [-0.4, -0.2) is 29.6 Å². The molecule has 0 spiro atoms. The van der Waals surface area contributed by atoms with Crippen molar-refractivity contribution in [3.63, 3.8) is 0 Å². The number of carbonyl (C=O) groups excluding carboxylic acids is 2. The molecule has 0 aromatic heterocycles. The van der Waals surface area contributed by atoms with Gasteiger partial charge in [0.1, 0.15) is 12.6 Å². The van der Waals surface area contributed by atoms with Crippen LogP contribution in [0.4, 0.5) is 4.79 Å². The molecule has 2 aromatic rings. The van der Waals surface area contributed by atoms with Gasteiger partial charge in [0, 0.05) is 5.92 Å². The first-order valence-electron chi connectivity index (χ1n) is 11.9. The van der Waals surface area contributed by atoms with Crippen LogP contribution in [0.15, 0.2) is 48.5 Å². The molecule has 1 atom stereocenters. The average molecular weight is 454 g/mol. The number of rotatable bonds is 12. The molecule has 0 aliphatic heterocycles. The minimum atomic E-state index is -0.507. The number of hydrogen-bond donors (Lipinski definition) is 1. The lowest BCUT2D eigenvalue weighted by molar-refractivity contribution is -0.112. The van der Waals surface area contributed by atoms with E-state index in [9.17, 15) is 9.59 Å². The second-order valence-corrected chi connectivity index (χ2v) is 9.60. The molecule has 5 heteroatoms. The summed E-state index contributed by atoms with van der Waals surface area (Å²) in [4.78, 5) is 25.1. The van der Waals surface area contributed by atoms with Crippen molar-refractivity contribution in [2.75, 3.05) is 12.4 Å². The molecule has 3 rings (SSSR count). The Bertz CT molecular complexity index is 852. The fourth-order valence-corrected chi connectivity index (χ4v) is 5.07. The quantitative estimate of drug-likeness (QED) is 0.354. The van der Waals surface area contributed by atoms with E-state index in [1.807, 2.05) is 31.2 Å². The third-order valence-corrected chi connectivity index (χ3v) is 6.91. The van der Waals surface area contributed by atoms with E-state index in [0.29, 0.717) is 12.2 Å². The largest absolute Gasteiger partial charge is 0.449 e. The van der Waals surface area contributed by atoms with E-state index in [1.54, 1.807) is 0 Å². The number of nitrogens with one attached hydrogen (secondary N) is 1. The maximum atomic E-state index is 12.6. The maximum Gasteiger partial charge on any atom is 0.407 e. The summed E-state index contributed by atoms with van der Waals surface area (Å²) in [6.07, 6.45) is 7.08. The first kappa shape index (κ1) is 24.4. The van der Waals surface area contributed by atoms with Crippen molar-refractivity contribution < 1.29 is 14.3 Å². The van der Waals surface area contributed by atoms with E-state index in [0.717, 1.165) is 12.8 Å². The van der Waals surface area contributed by atoms with Crippen LogP contribution in [0, 0.1) is 0 Å². The molecule has 0 saturated heterocycles. The molecule has 1 aliphatic carbocycles. The van der Waals surface area contributed by atoms with Gasteiger partial charge >= 0.3 is 6.09 Å². The Balaban J connectivity index is 1.56. The molecule has 0 unspecified atom stereocenters. The Labute approximate surface area is 196 Å². The predicted octanol–water partition coefficient (Wildman–Crippen LogP) is 6.92. The molecule has 0 radical (unpaired) electrons. The van der Waals surface area contributed by atoms with Gasteiger partial charge in [-0.2, -0.15) is 0 Å². The van der Waals surface area contributed by atoms with Crippen molar-refractivity contribution in [2.45, 2.75) is 70.8 Å². The normalized spacial score (nSPS) is 13.3. The van der Waals surface area contributed by atoms with Gasteiger partial charge < -0.3 is 10.1 Å². The molecule has 32 heavy (non-hydrogen) atoms. The molecule has 1 N–H and O–H groups in total. The second-order valence-electron chi connectivity index (χ2n) is 8.33. The summed E-state index contributed by atoms with van der Waals surface area (Å²) in [7, 11) is 0. The molecular formula is C27H35NO3S. The number of hydrogen-bond acceptors (Lipinski definition) is 4. The molecular weight excluding hydrogens is 418 g/mol. The summed E-state index contributed by atoms with van der Waals surface area (Å²) in [5, 5.41) is 2.87. The van der Waals surface area contributed by atoms with Crippen LogP contribution in [0.25, 0.3) is 11.1 Å². The highest BCUT2D eigenvalue weighted by Gasteiger charge is 2.29. The number of fused-ring (bicyclic) bond motifs is 3. The number of alkyl carbamates (subject to hydrolysis) is 1. The minimum absolute atomic E-state index is 0.0193. The zero-order chi connectivity index (χ0) is 22.8. The van der Waals surface area contributed by atoms with E-state index in [-0.39, 0.29) is 17.6 Å². The Kier molecular flexibility index (Phi) is 9.66. The van der Waals surface area contributed by atoms with Crippen LogP contribution in [0.5, 0.6) is 0 Å². The highest BCUT2D eigenvalue weighted by Crippen LogP contribution is 2.44. The summed E-state index contributed by atoms with van der Waals surface area (Å²) in [6.45, 7) is 4.42. The average Bonchev–Trinajstić information content (AvgIpc) is 3.13. The first-order valence-corrected chi connectivity index (χ1v) is 12.9. The number of thioether (sulfide) groups is 1. The molecule has 0 bridgehead atoms. The molecule has 4 nitrogen and oxygen atoms in total. The standard InChI is InChI=1S/C27H35NO3S/c1-3-5-6-7-8-9-18-25(26(29)32-4-2)28-27(30)31-19-24-22-16-12-10-14-20(22)21-15-11-13-17-23(21)24/h10-17,24-25H,3-9,18-19H2,1-2H3,(H,28,30)/t25-/m0/s1. The van der Waals surface area contributed by atoms with Crippen LogP contribution in [0.3, 0.4) is 0 Å². The predicted molar refractivity (Wildman–Crippen MR) is 133 cm³/mol. The van der Waals surface area contributed by atoms with Crippen molar-refractivity contribution in [2.24, 2.45) is 0 Å². The third-order valence-electron chi connectivity index (χ3n) is 6.05. The van der Waals surface area contributed by atoms with Gasteiger partial charge in [-0.25, -0.2) is 4.79 Å². The fourth-order valence-electron chi connectivity index (χ4n) is 4.40. The van der Waals surface area contributed by atoms with Crippen molar-refractivity contribution in [3.8, 4) is 11.1 Å². The van der Waals surface area contributed by atoms with Gasteiger partial charge in [-0.3, -0.25) is 4.79 Å². The summed E-state index contributed by atoms with van der Waals surface area (Å²) < 4.78 is 5.65. The van der Waals surface area contributed by atoms with Crippen LogP contribution in [-0.2, 0) is 9.53 Å². The Morgan fingerprint density at radius 3 is 2.12 bits per heavy atom. The van der Waals surface area contributed by atoms with Crippen LogP contribution in [0.2, 0.25) is 0 Å². The van der Waals surface area contributed by atoms with Crippen molar-refractivity contribution in [1.82, 2.24) is 5.32 Å². The van der Waals surface area contributed by atoms with E-state index in [4.69, 9.17) is 4.74 Å². The molecule has 172 valence electrons. The van der Waals surface area contributed by atoms with Gasteiger partial charge in [0.2, 0.25) is 5.12 Å². The molecule has 1 aliphatic rings. The van der Waals surface area contributed by atoms with E-state index in [1.165, 1.54) is 59.7 Å². The summed E-state index contributed by atoms with van der Waals surface area (Å²) >= 11 is 1.27. The van der Waals surface area contributed by atoms with Crippen molar-refractivity contribution in [1.29, 1.82) is 0 Å². The van der Waals surface area contributed by atoms with Gasteiger partial charge in [0.05, 0.1) is 0 Å². The molecule has 2 aromatic carbocycles. The molecule has 1 amide bonds. The SMILES string of the molecule is CCCCCCCC[C@H](NC(=O)OCC1c2ccccc2-c2ccccc21)C(=O)SCC. The lowest BCUT2D eigenvalue weighted by Gasteiger charge is -2.19. The maximum absolute atomic E-state index is 12.6. The van der Waals surface area contributed by atoms with Gasteiger partial charge in [-0.1, -0.05) is 113 Å². The zero-order valence-electron chi connectivity index (χ0n) is 19.3. The highest BCUT2D eigenvalue weighted by atomic mass is 32.2.